The Balaban J connectivity index is 1.56. The Morgan fingerprint density at radius 3 is 2.35 bits per heavy atom. The van der Waals surface area contributed by atoms with Crippen LogP contribution in [0, 0.1) is 0 Å². The van der Waals surface area contributed by atoms with E-state index in [2.05, 4.69) is 22.2 Å². The zero-order valence-electron chi connectivity index (χ0n) is 14.0. The molecule has 0 aliphatic carbocycles. The summed E-state index contributed by atoms with van der Waals surface area (Å²) in [5.74, 6) is 0.785. The zero-order chi connectivity index (χ0) is 17.8. The van der Waals surface area contributed by atoms with Gasteiger partial charge < -0.3 is 9.32 Å². The summed E-state index contributed by atoms with van der Waals surface area (Å²) in [6.45, 7) is 1.02. The molecule has 130 valence electrons. The predicted octanol–water partition coefficient (Wildman–Crippen LogP) is 5.91. The number of amides is 1. The first kappa shape index (κ1) is 16.8. The van der Waals surface area contributed by atoms with Crippen molar-refractivity contribution in [3.63, 3.8) is 0 Å². The summed E-state index contributed by atoms with van der Waals surface area (Å²) < 4.78 is 5.45. The molecule has 0 aliphatic heterocycles. The largest absolute Gasteiger partial charge is 0.467 e. The normalized spacial score (nSPS) is 10.8. The molecule has 0 N–H and O–H groups in total. The van der Waals surface area contributed by atoms with E-state index in [-0.39, 0.29) is 5.91 Å². The van der Waals surface area contributed by atoms with Crippen LogP contribution in [0.5, 0.6) is 0 Å². The zero-order valence-corrected chi connectivity index (χ0v) is 15.6. The van der Waals surface area contributed by atoms with E-state index in [4.69, 9.17) is 4.42 Å². The van der Waals surface area contributed by atoms with Crippen LogP contribution in [0.1, 0.15) is 21.7 Å². The number of furan rings is 1. The van der Waals surface area contributed by atoms with Gasteiger partial charge in [-0.2, -0.15) is 22.7 Å². The molecule has 0 atom stereocenters. The lowest BCUT2D eigenvalue weighted by atomic mass is 10.1. The minimum atomic E-state index is 0.00414. The molecule has 26 heavy (non-hydrogen) atoms. The van der Waals surface area contributed by atoms with Crippen LogP contribution in [-0.4, -0.2) is 10.8 Å². The fourth-order valence-electron chi connectivity index (χ4n) is 2.81. The Kier molecular flexibility index (Phi) is 5.00. The van der Waals surface area contributed by atoms with Crippen molar-refractivity contribution in [1.82, 2.24) is 4.90 Å². The van der Waals surface area contributed by atoms with E-state index in [1.165, 1.54) is 5.56 Å². The maximum absolute atomic E-state index is 13.1. The summed E-state index contributed by atoms with van der Waals surface area (Å²) >= 11 is 3.31. The topological polar surface area (TPSA) is 33.5 Å². The molecular weight excluding hydrogens is 362 g/mol. The fraction of sp³-hybridized carbons (Fsp3) is 0.0952. The second-order valence-corrected chi connectivity index (χ2v) is 7.52. The average Bonchev–Trinajstić information content (AvgIpc) is 3.43. The second-order valence-electron chi connectivity index (χ2n) is 5.96. The summed E-state index contributed by atoms with van der Waals surface area (Å²) in [6.07, 6.45) is 1.64. The molecule has 0 spiro atoms. The van der Waals surface area contributed by atoms with Gasteiger partial charge in [0.1, 0.15) is 5.76 Å². The predicted molar refractivity (Wildman–Crippen MR) is 106 cm³/mol. The number of hydrogen-bond donors (Lipinski definition) is 0. The highest BCUT2D eigenvalue weighted by Gasteiger charge is 2.18. The molecule has 0 bridgehead atoms. The van der Waals surface area contributed by atoms with Gasteiger partial charge >= 0.3 is 0 Å². The Bertz CT molecular complexity index is 904. The van der Waals surface area contributed by atoms with Gasteiger partial charge in [0.2, 0.25) is 0 Å². The lowest BCUT2D eigenvalue weighted by Crippen LogP contribution is -2.29. The first-order valence-electron chi connectivity index (χ1n) is 8.25. The van der Waals surface area contributed by atoms with Gasteiger partial charge in [-0.25, -0.2) is 0 Å². The van der Waals surface area contributed by atoms with Crippen molar-refractivity contribution in [2.24, 2.45) is 0 Å². The van der Waals surface area contributed by atoms with E-state index in [1.807, 2.05) is 52.7 Å². The molecule has 3 aromatic heterocycles. The molecule has 0 aliphatic rings. The summed E-state index contributed by atoms with van der Waals surface area (Å²) in [6, 6.07) is 15.7. The summed E-state index contributed by atoms with van der Waals surface area (Å²) in [7, 11) is 0. The highest BCUT2D eigenvalue weighted by Crippen LogP contribution is 2.23. The third kappa shape index (κ3) is 3.79. The first-order chi connectivity index (χ1) is 12.8. The van der Waals surface area contributed by atoms with Gasteiger partial charge in [0.25, 0.3) is 5.91 Å². The molecule has 5 heteroatoms. The molecule has 3 heterocycles. The molecule has 0 saturated carbocycles. The van der Waals surface area contributed by atoms with Crippen LogP contribution in [0.2, 0.25) is 0 Å². The monoisotopic (exact) mass is 379 g/mol. The molecule has 4 rings (SSSR count). The van der Waals surface area contributed by atoms with Crippen LogP contribution in [0.25, 0.3) is 11.1 Å². The van der Waals surface area contributed by atoms with Gasteiger partial charge in [0, 0.05) is 12.1 Å². The van der Waals surface area contributed by atoms with Crippen LogP contribution in [0.15, 0.2) is 80.7 Å². The average molecular weight is 380 g/mol. The molecule has 4 aromatic rings. The van der Waals surface area contributed by atoms with Crippen molar-refractivity contribution >= 4 is 28.6 Å². The maximum atomic E-state index is 13.1. The number of thiophene rings is 2. The van der Waals surface area contributed by atoms with Crippen LogP contribution < -0.4 is 0 Å². The van der Waals surface area contributed by atoms with Gasteiger partial charge in [-0.1, -0.05) is 12.1 Å². The fourth-order valence-corrected chi connectivity index (χ4v) is 4.13. The smallest absolute Gasteiger partial charge is 0.254 e. The number of carbonyl (C=O) groups excluding carboxylic acids is 1. The number of rotatable bonds is 6. The van der Waals surface area contributed by atoms with Gasteiger partial charge in [-0.15, -0.1) is 0 Å². The van der Waals surface area contributed by atoms with Crippen LogP contribution >= 0.6 is 22.7 Å². The first-order valence-corrected chi connectivity index (χ1v) is 10.1. The van der Waals surface area contributed by atoms with E-state index < -0.39 is 0 Å². The van der Waals surface area contributed by atoms with Crippen molar-refractivity contribution < 1.29 is 9.21 Å². The van der Waals surface area contributed by atoms with Gasteiger partial charge in [-0.3, -0.25) is 4.79 Å². The van der Waals surface area contributed by atoms with Crippen LogP contribution in [-0.2, 0) is 13.1 Å². The molecule has 1 amide bonds. The molecule has 0 unspecified atom stereocenters. The Morgan fingerprint density at radius 2 is 1.69 bits per heavy atom. The molecule has 3 nitrogen and oxygen atoms in total. The van der Waals surface area contributed by atoms with Crippen molar-refractivity contribution in [2.75, 3.05) is 0 Å². The standard InChI is InChI=1S/C21H17NO2S2/c23-21(18-5-3-17(4-6-18)19-8-11-26-15-19)22(12-16-7-10-25-14-16)13-20-2-1-9-24-20/h1-11,14-15H,12-13H2. The van der Waals surface area contributed by atoms with Crippen LogP contribution in [0.3, 0.4) is 0 Å². The minimum Gasteiger partial charge on any atom is -0.467 e. The van der Waals surface area contributed by atoms with Gasteiger partial charge in [0.05, 0.1) is 12.8 Å². The summed E-state index contributed by atoms with van der Waals surface area (Å²) in [5, 5.41) is 8.26. The van der Waals surface area contributed by atoms with Crippen molar-refractivity contribution in [3.05, 3.63) is 93.2 Å². The lowest BCUT2D eigenvalue weighted by molar-refractivity contribution is 0.0718. The highest BCUT2D eigenvalue weighted by atomic mass is 32.1. The number of nitrogens with zero attached hydrogens (tertiary/aromatic N) is 1. The van der Waals surface area contributed by atoms with E-state index in [0.29, 0.717) is 18.7 Å². The van der Waals surface area contributed by atoms with E-state index in [0.717, 1.165) is 16.9 Å². The summed E-state index contributed by atoms with van der Waals surface area (Å²) in [4.78, 5) is 14.9. The van der Waals surface area contributed by atoms with Crippen molar-refractivity contribution in [1.29, 1.82) is 0 Å². The molecule has 1 aromatic carbocycles. The van der Waals surface area contributed by atoms with Crippen molar-refractivity contribution in [2.45, 2.75) is 13.1 Å². The maximum Gasteiger partial charge on any atom is 0.254 e. The minimum absolute atomic E-state index is 0.00414. The molecule has 0 saturated heterocycles. The molecule has 0 radical (unpaired) electrons. The van der Waals surface area contributed by atoms with E-state index in [1.54, 1.807) is 28.9 Å². The lowest BCUT2D eigenvalue weighted by Gasteiger charge is -2.21. The van der Waals surface area contributed by atoms with Gasteiger partial charge in [-0.05, 0) is 74.6 Å². The SMILES string of the molecule is O=C(c1ccc(-c2ccsc2)cc1)N(Cc1ccsc1)Cc1ccco1. The van der Waals surface area contributed by atoms with Crippen molar-refractivity contribution in [3.8, 4) is 11.1 Å². The Hall–Kier alpha value is -2.63. The number of hydrogen-bond acceptors (Lipinski definition) is 4. The highest BCUT2D eigenvalue weighted by molar-refractivity contribution is 7.08. The quantitative estimate of drug-likeness (QED) is 0.417. The van der Waals surface area contributed by atoms with Crippen LogP contribution in [0.4, 0.5) is 0 Å². The van der Waals surface area contributed by atoms with Gasteiger partial charge in [0.15, 0.2) is 0 Å². The third-order valence-corrected chi connectivity index (χ3v) is 5.57. The Morgan fingerprint density at radius 1 is 0.885 bits per heavy atom. The molecule has 0 fully saturated rings. The summed E-state index contributed by atoms with van der Waals surface area (Å²) in [5.41, 5.74) is 4.12. The van der Waals surface area contributed by atoms with E-state index in [9.17, 15) is 4.79 Å². The second kappa shape index (κ2) is 7.72. The number of benzene rings is 1. The Labute approximate surface area is 160 Å². The van der Waals surface area contributed by atoms with E-state index >= 15 is 0 Å². The molecular formula is C21H17NO2S2. The third-order valence-electron chi connectivity index (χ3n) is 4.15. The number of carbonyl (C=O) groups is 1.